The predicted molar refractivity (Wildman–Crippen MR) is 78.2 cm³/mol. The average molecular weight is 271 g/mol. The van der Waals surface area contributed by atoms with E-state index in [0.717, 1.165) is 30.9 Å². The third-order valence-electron chi connectivity index (χ3n) is 3.87. The van der Waals surface area contributed by atoms with Crippen molar-refractivity contribution in [1.82, 2.24) is 25.1 Å². The van der Waals surface area contributed by atoms with Gasteiger partial charge in [0.25, 0.3) is 0 Å². The number of fused-ring (bicyclic) bond motifs is 1. The third-order valence-corrected chi connectivity index (χ3v) is 3.87. The topological polar surface area (TPSA) is 55.6 Å². The molecule has 2 aromatic heterocycles. The van der Waals surface area contributed by atoms with Gasteiger partial charge in [0.15, 0.2) is 5.82 Å². The summed E-state index contributed by atoms with van der Waals surface area (Å²) in [5.41, 5.74) is 3.43. The molecule has 3 rings (SSSR count). The van der Waals surface area contributed by atoms with Gasteiger partial charge in [-0.1, -0.05) is 6.92 Å². The Hall–Kier alpha value is -1.75. The Bertz CT molecular complexity index is 590. The van der Waals surface area contributed by atoms with E-state index in [4.69, 9.17) is 4.98 Å². The maximum Gasteiger partial charge on any atom is 0.178 e. The summed E-state index contributed by atoms with van der Waals surface area (Å²) < 4.78 is 1.82. The average Bonchev–Trinajstić information content (AvgIpc) is 2.90. The summed E-state index contributed by atoms with van der Waals surface area (Å²) in [6.07, 6.45) is 8.35. The van der Waals surface area contributed by atoms with Gasteiger partial charge in [0.2, 0.25) is 0 Å². The molecular weight excluding hydrogens is 250 g/mol. The Morgan fingerprint density at radius 2 is 2.35 bits per heavy atom. The van der Waals surface area contributed by atoms with E-state index in [2.05, 4.69) is 22.3 Å². The van der Waals surface area contributed by atoms with Crippen LogP contribution >= 0.6 is 0 Å². The Morgan fingerprint density at radius 3 is 3.10 bits per heavy atom. The zero-order valence-electron chi connectivity index (χ0n) is 12.1. The molecule has 1 N–H and O–H groups in total. The molecule has 1 atom stereocenters. The summed E-state index contributed by atoms with van der Waals surface area (Å²) in [4.78, 5) is 9.30. The van der Waals surface area contributed by atoms with Crippen molar-refractivity contribution in [3.8, 4) is 11.5 Å². The summed E-state index contributed by atoms with van der Waals surface area (Å²) >= 11 is 0. The molecule has 0 saturated heterocycles. The van der Waals surface area contributed by atoms with Crippen LogP contribution in [0.15, 0.2) is 18.5 Å². The maximum absolute atomic E-state index is 4.76. The Balaban J connectivity index is 1.91. The minimum absolute atomic E-state index is 0.416. The first-order valence-corrected chi connectivity index (χ1v) is 7.37. The Labute approximate surface area is 119 Å². The van der Waals surface area contributed by atoms with Crippen LogP contribution in [0.1, 0.15) is 43.5 Å². The molecule has 2 heterocycles. The lowest BCUT2D eigenvalue weighted by molar-refractivity contribution is 0.453. The first kappa shape index (κ1) is 13.2. The van der Waals surface area contributed by atoms with Crippen molar-refractivity contribution in [3.63, 3.8) is 0 Å². The highest BCUT2D eigenvalue weighted by atomic mass is 15.3. The van der Waals surface area contributed by atoms with Crippen molar-refractivity contribution in [2.45, 2.75) is 38.6 Å². The number of hydrogen-bond donors (Lipinski definition) is 1. The normalized spacial score (nSPS) is 18.0. The second-order valence-electron chi connectivity index (χ2n) is 5.33. The highest BCUT2D eigenvalue weighted by molar-refractivity contribution is 5.49. The highest BCUT2D eigenvalue weighted by Gasteiger charge is 2.22. The van der Waals surface area contributed by atoms with Gasteiger partial charge >= 0.3 is 0 Å². The van der Waals surface area contributed by atoms with Gasteiger partial charge in [-0.15, -0.1) is 0 Å². The third kappa shape index (κ3) is 2.45. The van der Waals surface area contributed by atoms with Crippen LogP contribution in [0.3, 0.4) is 0 Å². The Kier molecular flexibility index (Phi) is 3.78. The lowest BCUT2D eigenvalue weighted by atomic mass is 9.92. The van der Waals surface area contributed by atoms with Gasteiger partial charge in [-0.3, -0.25) is 4.68 Å². The fourth-order valence-electron chi connectivity index (χ4n) is 2.79. The van der Waals surface area contributed by atoms with E-state index in [1.165, 1.54) is 24.1 Å². The number of nitrogens with zero attached hydrogens (tertiary/aromatic N) is 4. The summed E-state index contributed by atoms with van der Waals surface area (Å²) in [6.45, 7) is 3.24. The summed E-state index contributed by atoms with van der Waals surface area (Å²) in [5, 5.41) is 7.78. The zero-order chi connectivity index (χ0) is 13.9. The molecule has 0 saturated carbocycles. The van der Waals surface area contributed by atoms with Crippen LogP contribution in [0.2, 0.25) is 0 Å². The van der Waals surface area contributed by atoms with Crippen molar-refractivity contribution < 1.29 is 0 Å². The summed E-state index contributed by atoms with van der Waals surface area (Å²) in [7, 11) is 1.92. The number of aromatic nitrogens is 4. The van der Waals surface area contributed by atoms with E-state index >= 15 is 0 Å². The molecule has 1 aliphatic carbocycles. The molecule has 5 nitrogen and oxygen atoms in total. The molecule has 0 radical (unpaired) electrons. The van der Waals surface area contributed by atoms with Gasteiger partial charge < -0.3 is 5.32 Å². The molecule has 0 fully saturated rings. The fourth-order valence-corrected chi connectivity index (χ4v) is 2.79. The molecule has 0 aromatic carbocycles. The van der Waals surface area contributed by atoms with Gasteiger partial charge in [-0.05, 0) is 38.3 Å². The van der Waals surface area contributed by atoms with Crippen LogP contribution in [0, 0.1) is 0 Å². The van der Waals surface area contributed by atoms with Crippen molar-refractivity contribution in [2.75, 3.05) is 6.54 Å². The van der Waals surface area contributed by atoms with E-state index in [0.29, 0.717) is 6.04 Å². The molecule has 0 aliphatic heterocycles. The van der Waals surface area contributed by atoms with Gasteiger partial charge in [-0.25, -0.2) is 9.97 Å². The van der Waals surface area contributed by atoms with Crippen molar-refractivity contribution in [2.24, 2.45) is 7.05 Å². The van der Waals surface area contributed by atoms with Crippen LogP contribution in [0.5, 0.6) is 0 Å². The zero-order valence-corrected chi connectivity index (χ0v) is 12.1. The highest BCUT2D eigenvalue weighted by Crippen LogP contribution is 2.29. The molecular formula is C15H21N5. The molecule has 5 heteroatoms. The van der Waals surface area contributed by atoms with E-state index in [1.54, 1.807) is 6.20 Å². The van der Waals surface area contributed by atoms with E-state index in [-0.39, 0.29) is 0 Å². The lowest BCUT2D eigenvalue weighted by Gasteiger charge is -2.25. The Morgan fingerprint density at radius 1 is 1.45 bits per heavy atom. The van der Waals surface area contributed by atoms with Crippen molar-refractivity contribution in [3.05, 3.63) is 29.7 Å². The first-order valence-electron chi connectivity index (χ1n) is 7.37. The SMILES string of the molecule is CCCNC1CCCc2nc(-c3ccnn3C)ncc21. The molecule has 1 unspecified atom stereocenters. The monoisotopic (exact) mass is 271 g/mol. The second-order valence-corrected chi connectivity index (χ2v) is 5.33. The van der Waals surface area contributed by atoms with Crippen LogP contribution in [-0.2, 0) is 13.5 Å². The summed E-state index contributed by atoms with van der Waals surface area (Å²) in [6, 6.07) is 2.37. The smallest absolute Gasteiger partial charge is 0.178 e. The van der Waals surface area contributed by atoms with Gasteiger partial charge in [-0.2, -0.15) is 5.10 Å². The van der Waals surface area contributed by atoms with Crippen molar-refractivity contribution >= 4 is 0 Å². The molecule has 1 aliphatic rings. The molecule has 20 heavy (non-hydrogen) atoms. The van der Waals surface area contributed by atoms with Gasteiger partial charge in [0, 0.05) is 36.7 Å². The standard InChI is InChI=1S/C15H21N5/c1-3-8-16-12-5-4-6-13-11(12)10-17-15(19-13)14-7-9-18-20(14)2/h7,9-10,12,16H,3-6,8H2,1-2H3. The van der Waals surface area contributed by atoms with Crippen LogP contribution in [-0.4, -0.2) is 26.3 Å². The maximum atomic E-state index is 4.76. The fraction of sp³-hybridized carbons (Fsp3) is 0.533. The van der Waals surface area contributed by atoms with Crippen LogP contribution in [0.25, 0.3) is 11.5 Å². The number of hydrogen-bond acceptors (Lipinski definition) is 4. The molecule has 0 bridgehead atoms. The number of rotatable bonds is 4. The van der Waals surface area contributed by atoms with E-state index < -0.39 is 0 Å². The number of nitrogens with one attached hydrogen (secondary N) is 1. The van der Waals surface area contributed by atoms with Gasteiger partial charge in [0.1, 0.15) is 5.69 Å². The lowest BCUT2D eigenvalue weighted by Crippen LogP contribution is -2.26. The molecule has 0 amide bonds. The van der Waals surface area contributed by atoms with Crippen LogP contribution in [0.4, 0.5) is 0 Å². The molecule has 106 valence electrons. The van der Waals surface area contributed by atoms with E-state index in [1.807, 2.05) is 24.0 Å². The first-order chi connectivity index (χ1) is 9.79. The van der Waals surface area contributed by atoms with E-state index in [9.17, 15) is 0 Å². The minimum atomic E-state index is 0.416. The summed E-state index contributed by atoms with van der Waals surface area (Å²) in [5.74, 6) is 0.778. The minimum Gasteiger partial charge on any atom is -0.310 e. The largest absolute Gasteiger partial charge is 0.310 e. The second kappa shape index (κ2) is 5.71. The molecule has 2 aromatic rings. The quantitative estimate of drug-likeness (QED) is 0.926. The predicted octanol–water partition coefficient (Wildman–Crippen LogP) is 2.25. The molecule has 0 spiro atoms. The van der Waals surface area contributed by atoms with Crippen molar-refractivity contribution in [1.29, 1.82) is 0 Å². The van der Waals surface area contributed by atoms with Gasteiger partial charge in [0.05, 0.1) is 0 Å². The number of aryl methyl sites for hydroxylation is 2. The van der Waals surface area contributed by atoms with Crippen LogP contribution < -0.4 is 5.32 Å².